The molecule has 4 aromatic rings. The van der Waals surface area contributed by atoms with Gasteiger partial charge in [0.1, 0.15) is 29.6 Å². The molecule has 2 aliphatic rings. The zero-order chi connectivity index (χ0) is 35.1. The van der Waals surface area contributed by atoms with Crippen LogP contribution in [0.25, 0.3) is 21.9 Å². The summed E-state index contributed by atoms with van der Waals surface area (Å²) in [4.78, 5) is 36.7. The standard InChI is InChI=1S/C32H41N6O9PS/c1-18(2)43-28(40)21(14-15-49-6)37-48(41,46-22-13-9-11-19-10-7-8-12-20(19)22)42-16-23-25-32(5,47-31(3,4)45-25)29(44-23)38-17-34-24-26(38)35-30(33)36-27(24)39/h7-13,17-18,21,23,25,29H,14-16H2,1-6H3,(H,37,41)(H3,33,35,36,39)/t21-,23+,25+,29+,32+,48?/m0/s1. The van der Waals surface area contributed by atoms with Gasteiger partial charge in [0.05, 0.1) is 19.0 Å². The number of thioether (sulfide) groups is 1. The van der Waals surface area contributed by atoms with E-state index in [1.165, 1.54) is 18.1 Å². The van der Waals surface area contributed by atoms with E-state index >= 15 is 0 Å². The lowest BCUT2D eigenvalue weighted by Crippen LogP contribution is -2.43. The van der Waals surface area contributed by atoms with Gasteiger partial charge in [-0.05, 0) is 64.5 Å². The first-order valence-electron chi connectivity index (χ1n) is 15.9. The lowest BCUT2D eigenvalue weighted by atomic mass is 9.96. The summed E-state index contributed by atoms with van der Waals surface area (Å²) in [5.74, 6) is -0.835. The highest BCUT2D eigenvalue weighted by Crippen LogP contribution is 2.53. The highest BCUT2D eigenvalue weighted by atomic mass is 32.2. The Morgan fingerprint density at radius 1 is 1.20 bits per heavy atom. The van der Waals surface area contributed by atoms with Crippen molar-refractivity contribution in [3.8, 4) is 5.75 Å². The third kappa shape index (κ3) is 7.22. The summed E-state index contributed by atoms with van der Waals surface area (Å²) in [7, 11) is -4.34. The van der Waals surface area contributed by atoms with Crippen LogP contribution in [0, 0.1) is 0 Å². The van der Waals surface area contributed by atoms with Gasteiger partial charge in [-0.3, -0.25) is 23.7 Å². The van der Waals surface area contributed by atoms with Crippen LogP contribution in [0.1, 0.15) is 47.3 Å². The Morgan fingerprint density at radius 3 is 2.71 bits per heavy atom. The van der Waals surface area contributed by atoms with Crippen LogP contribution in [0.5, 0.6) is 5.75 Å². The number of benzene rings is 2. The molecule has 2 fully saturated rings. The monoisotopic (exact) mass is 716 g/mol. The Hall–Kier alpha value is -3.50. The third-order valence-corrected chi connectivity index (χ3v) is 10.4. The Labute approximate surface area is 287 Å². The molecule has 0 bridgehead atoms. The molecule has 49 heavy (non-hydrogen) atoms. The summed E-state index contributed by atoms with van der Waals surface area (Å²) in [5.41, 5.74) is 4.47. The van der Waals surface area contributed by atoms with Crippen molar-refractivity contribution in [2.45, 2.75) is 83.0 Å². The van der Waals surface area contributed by atoms with Crippen LogP contribution in [0.2, 0.25) is 0 Å². The number of anilines is 1. The molecule has 6 rings (SSSR count). The second-order valence-electron chi connectivity index (χ2n) is 12.8. The van der Waals surface area contributed by atoms with Crippen molar-refractivity contribution in [3.05, 3.63) is 59.1 Å². The van der Waals surface area contributed by atoms with Gasteiger partial charge in [0.15, 0.2) is 23.2 Å². The quantitative estimate of drug-likeness (QED) is 0.129. The number of nitrogens with one attached hydrogen (secondary N) is 2. The number of esters is 1. The smallest absolute Gasteiger partial charge is 0.459 e. The summed E-state index contributed by atoms with van der Waals surface area (Å²) in [6.45, 7) is 8.53. The van der Waals surface area contributed by atoms with E-state index in [-0.39, 0.29) is 23.7 Å². The molecule has 2 aromatic carbocycles. The maximum absolute atomic E-state index is 14.8. The molecule has 0 aliphatic carbocycles. The van der Waals surface area contributed by atoms with Gasteiger partial charge in [0, 0.05) is 5.39 Å². The van der Waals surface area contributed by atoms with E-state index in [9.17, 15) is 14.2 Å². The molecule has 0 saturated carbocycles. The van der Waals surface area contributed by atoms with Crippen LogP contribution >= 0.6 is 19.5 Å². The zero-order valence-electron chi connectivity index (χ0n) is 28.1. The SMILES string of the molecule is CSCC[C@H](NP(=O)(OC[C@H]1O[C@@H](n2cnc3c(=O)[nH]c(N)nc32)[C@]2(C)OC(C)(C)O[C@H]12)Oc1cccc2ccccc12)C(=O)OC(C)C. The topological polar surface area (TPSA) is 191 Å². The molecule has 2 aromatic heterocycles. The van der Waals surface area contributed by atoms with E-state index in [0.29, 0.717) is 23.3 Å². The molecule has 0 radical (unpaired) electrons. The maximum atomic E-state index is 14.8. The fourth-order valence-corrected chi connectivity index (χ4v) is 8.30. The van der Waals surface area contributed by atoms with Gasteiger partial charge in [0.2, 0.25) is 5.95 Å². The average molecular weight is 717 g/mol. The minimum absolute atomic E-state index is 0.0672. The van der Waals surface area contributed by atoms with E-state index in [1.807, 2.05) is 43.5 Å². The van der Waals surface area contributed by atoms with Crippen LogP contribution in [0.4, 0.5) is 5.95 Å². The summed E-state index contributed by atoms with van der Waals surface area (Å²) < 4.78 is 53.5. The summed E-state index contributed by atoms with van der Waals surface area (Å²) >= 11 is 1.53. The first kappa shape index (κ1) is 35.3. The summed E-state index contributed by atoms with van der Waals surface area (Å²) in [5, 5.41) is 4.45. The van der Waals surface area contributed by atoms with Gasteiger partial charge in [0.25, 0.3) is 5.56 Å². The van der Waals surface area contributed by atoms with Crippen LogP contribution in [-0.4, -0.2) is 79.8 Å². The molecule has 264 valence electrons. The molecule has 4 N–H and O–H groups in total. The predicted molar refractivity (Wildman–Crippen MR) is 184 cm³/mol. The molecule has 4 heterocycles. The first-order chi connectivity index (χ1) is 23.2. The van der Waals surface area contributed by atoms with Gasteiger partial charge >= 0.3 is 13.7 Å². The number of hydrogen-bond acceptors (Lipinski definition) is 13. The van der Waals surface area contributed by atoms with Crippen LogP contribution in [0.15, 0.2) is 53.6 Å². The van der Waals surface area contributed by atoms with E-state index < -0.39 is 61.2 Å². The number of rotatable bonds is 13. The number of ether oxygens (including phenoxy) is 4. The molecule has 6 atom stereocenters. The van der Waals surface area contributed by atoms with Crippen molar-refractivity contribution < 1.29 is 37.4 Å². The minimum Gasteiger partial charge on any atom is -0.462 e. The van der Waals surface area contributed by atoms with Crippen molar-refractivity contribution in [1.82, 2.24) is 24.6 Å². The fraction of sp³-hybridized carbons (Fsp3) is 0.500. The molecule has 2 saturated heterocycles. The fourth-order valence-electron chi connectivity index (χ4n) is 6.27. The Morgan fingerprint density at radius 2 is 1.96 bits per heavy atom. The van der Waals surface area contributed by atoms with Gasteiger partial charge < -0.3 is 29.2 Å². The van der Waals surface area contributed by atoms with Crippen LogP contribution < -0.4 is 20.9 Å². The van der Waals surface area contributed by atoms with Crippen molar-refractivity contribution in [3.63, 3.8) is 0 Å². The number of aromatic nitrogens is 4. The molecule has 1 unspecified atom stereocenters. The minimum atomic E-state index is -4.34. The Kier molecular flexibility index (Phi) is 9.85. The highest BCUT2D eigenvalue weighted by Gasteiger charge is 2.64. The van der Waals surface area contributed by atoms with Gasteiger partial charge in [-0.25, -0.2) is 9.55 Å². The van der Waals surface area contributed by atoms with Crippen molar-refractivity contribution in [1.29, 1.82) is 0 Å². The molecule has 15 nitrogen and oxygen atoms in total. The van der Waals surface area contributed by atoms with Crippen LogP contribution in [0.3, 0.4) is 0 Å². The number of carbonyl (C=O) groups is 1. The number of H-pyrrole nitrogens is 1. The second kappa shape index (κ2) is 13.7. The third-order valence-electron chi connectivity index (χ3n) is 8.21. The highest BCUT2D eigenvalue weighted by molar-refractivity contribution is 7.98. The van der Waals surface area contributed by atoms with E-state index in [2.05, 4.69) is 20.0 Å². The number of fused-ring (bicyclic) bond motifs is 3. The van der Waals surface area contributed by atoms with Gasteiger partial charge in [-0.15, -0.1) is 0 Å². The van der Waals surface area contributed by atoms with Crippen molar-refractivity contribution in [2.24, 2.45) is 0 Å². The number of nitrogen functional groups attached to an aromatic ring is 1. The average Bonchev–Trinajstić information content (AvgIpc) is 3.64. The number of nitrogens with two attached hydrogens (primary N) is 1. The van der Waals surface area contributed by atoms with E-state index in [1.54, 1.807) is 44.4 Å². The number of carbonyl (C=O) groups excluding carboxylic acids is 1. The predicted octanol–water partition coefficient (Wildman–Crippen LogP) is 4.53. The number of imidazole rings is 1. The number of aromatic amines is 1. The Balaban J connectivity index is 1.34. The van der Waals surface area contributed by atoms with Crippen molar-refractivity contribution in [2.75, 3.05) is 24.3 Å². The normalized spacial score (nSPS) is 25.0. The van der Waals surface area contributed by atoms with Gasteiger partial charge in [-0.2, -0.15) is 21.8 Å². The van der Waals surface area contributed by atoms with Crippen molar-refractivity contribution >= 4 is 53.4 Å². The van der Waals surface area contributed by atoms with E-state index in [4.69, 9.17) is 33.7 Å². The largest absolute Gasteiger partial charge is 0.462 e. The molecule has 0 amide bonds. The maximum Gasteiger partial charge on any atom is 0.459 e. The van der Waals surface area contributed by atoms with Gasteiger partial charge in [-0.1, -0.05) is 36.4 Å². The molecular formula is C32H41N6O9PS. The molecule has 17 heteroatoms. The number of hydrogen-bond donors (Lipinski definition) is 3. The second-order valence-corrected chi connectivity index (χ2v) is 15.5. The number of nitrogens with zero attached hydrogens (tertiary/aromatic N) is 3. The summed E-state index contributed by atoms with van der Waals surface area (Å²) in [6, 6.07) is 11.9. The lowest BCUT2D eigenvalue weighted by Gasteiger charge is -2.30. The first-order valence-corrected chi connectivity index (χ1v) is 18.8. The lowest BCUT2D eigenvalue weighted by molar-refractivity contribution is -0.216. The van der Waals surface area contributed by atoms with Crippen LogP contribution in [-0.2, 0) is 32.8 Å². The Bertz CT molecular complexity index is 1950. The molecular weight excluding hydrogens is 675 g/mol. The molecule has 0 spiro atoms. The zero-order valence-corrected chi connectivity index (χ0v) is 29.8. The summed E-state index contributed by atoms with van der Waals surface area (Å²) in [6.07, 6.45) is 0.718. The van der Waals surface area contributed by atoms with E-state index in [0.717, 1.165) is 5.39 Å². The molecule has 2 aliphatic heterocycles.